The molecule has 0 aromatic rings. The molecule has 0 amide bonds. The molecule has 0 aliphatic heterocycles. The van der Waals surface area contributed by atoms with Crippen LogP contribution in [0.25, 0.3) is 0 Å². The van der Waals surface area contributed by atoms with E-state index in [4.69, 9.17) is 11.6 Å². The van der Waals surface area contributed by atoms with Gasteiger partial charge in [-0.05, 0) is 0 Å². The van der Waals surface area contributed by atoms with E-state index < -0.39 is 18.7 Å². The van der Waals surface area contributed by atoms with Crippen LogP contribution in [0.15, 0.2) is 0 Å². The van der Waals surface area contributed by atoms with E-state index >= 15 is 0 Å². The van der Waals surface area contributed by atoms with Crippen LogP contribution in [0, 0.1) is 0 Å². The van der Waals surface area contributed by atoms with Crippen molar-refractivity contribution in [2.24, 2.45) is 0 Å². The van der Waals surface area contributed by atoms with Gasteiger partial charge in [0.25, 0.3) is 0 Å². The van der Waals surface area contributed by atoms with Crippen LogP contribution < -0.4 is 0 Å². The van der Waals surface area contributed by atoms with E-state index in [1.165, 1.54) is 6.92 Å². The Balaban J connectivity index is 3.43. The number of carbonyl (C=O) groups is 1. The van der Waals surface area contributed by atoms with Crippen molar-refractivity contribution in [1.29, 1.82) is 0 Å². The second-order valence-corrected chi connectivity index (χ2v) is 1.86. The monoisotopic (exact) mass is 151 g/mol. The Kier molecular flexibility index (Phi) is 4.44. The standard InChI is InChI=1S/C5H8ClO3/c1-4(8)9-5(2-6)3-7/h5H,2-3H2,1H3. The minimum absolute atomic E-state index is 0.0725. The van der Waals surface area contributed by atoms with Crippen LogP contribution in [0.4, 0.5) is 0 Å². The van der Waals surface area contributed by atoms with Crippen molar-refractivity contribution in [3.63, 3.8) is 0 Å². The molecule has 0 aromatic heterocycles. The lowest BCUT2D eigenvalue weighted by molar-refractivity contribution is -0.148. The smallest absolute Gasteiger partial charge is 0.303 e. The zero-order valence-corrected chi connectivity index (χ0v) is 5.85. The molecule has 0 N–H and O–H groups in total. The van der Waals surface area contributed by atoms with Crippen LogP contribution in [0.5, 0.6) is 0 Å². The average molecular weight is 152 g/mol. The molecule has 0 heterocycles. The van der Waals surface area contributed by atoms with E-state index in [1.807, 2.05) is 0 Å². The molecule has 0 aromatic carbocycles. The van der Waals surface area contributed by atoms with Crippen molar-refractivity contribution in [2.75, 3.05) is 12.5 Å². The minimum atomic E-state index is -0.663. The minimum Gasteiger partial charge on any atom is -0.459 e. The molecule has 0 aliphatic carbocycles. The molecule has 0 saturated carbocycles. The molecule has 0 aliphatic rings. The maximum atomic E-state index is 10.2. The largest absolute Gasteiger partial charge is 0.459 e. The second kappa shape index (κ2) is 4.58. The summed E-state index contributed by atoms with van der Waals surface area (Å²) in [6.07, 6.45) is -0.663. The third kappa shape index (κ3) is 4.24. The van der Waals surface area contributed by atoms with E-state index in [9.17, 15) is 9.90 Å². The summed E-state index contributed by atoms with van der Waals surface area (Å²) in [7, 11) is 0. The summed E-state index contributed by atoms with van der Waals surface area (Å²) in [5.41, 5.74) is 0. The topological polar surface area (TPSA) is 46.2 Å². The molecule has 3 nitrogen and oxygen atoms in total. The van der Waals surface area contributed by atoms with Gasteiger partial charge < -0.3 is 4.74 Å². The van der Waals surface area contributed by atoms with Crippen LogP contribution in [0.2, 0.25) is 0 Å². The fourth-order valence-electron chi connectivity index (χ4n) is 0.345. The van der Waals surface area contributed by atoms with Gasteiger partial charge in [-0.2, -0.15) is 0 Å². The van der Waals surface area contributed by atoms with Gasteiger partial charge in [-0.25, -0.2) is 5.11 Å². The van der Waals surface area contributed by atoms with Crippen LogP contribution in [-0.2, 0) is 14.6 Å². The fraction of sp³-hybridized carbons (Fsp3) is 0.800. The molecule has 0 bridgehead atoms. The molecule has 1 unspecified atom stereocenters. The Bertz CT molecular complexity index is 90.2. The summed E-state index contributed by atoms with van der Waals surface area (Å²) in [4.78, 5) is 10.2. The molecule has 0 spiro atoms. The molecule has 0 rings (SSSR count). The first-order valence-electron chi connectivity index (χ1n) is 2.52. The Labute approximate surface area is 58.6 Å². The summed E-state index contributed by atoms with van der Waals surface area (Å²) < 4.78 is 4.47. The maximum absolute atomic E-state index is 10.2. The molecule has 0 fully saturated rings. The lowest BCUT2D eigenvalue weighted by atomic mass is 10.4. The lowest BCUT2D eigenvalue weighted by Gasteiger charge is -2.07. The van der Waals surface area contributed by atoms with Crippen LogP contribution in [0.1, 0.15) is 6.92 Å². The molecule has 9 heavy (non-hydrogen) atoms. The summed E-state index contributed by atoms with van der Waals surface area (Å²) in [6, 6.07) is 0. The highest BCUT2D eigenvalue weighted by atomic mass is 35.5. The van der Waals surface area contributed by atoms with Gasteiger partial charge in [0.2, 0.25) is 0 Å². The van der Waals surface area contributed by atoms with E-state index in [0.29, 0.717) is 0 Å². The highest BCUT2D eigenvalue weighted by Crippen LogP contribution is 1.94. The number of ether oxygens (including phenoxy) is 1. The molecular formula is C5H8ClO3. The second-order valence-electron chi connectivity index (χ2n) is 1.55. The summed E-state index contributed by atoms with van der Waals surface area (Å²) in [6.45, 7) is 0.776. The number of rotatable bonds is 3. The quantitative estimate of drug-likeness (QED) is 0.438. The zero-order valence-electron chi connectivity index (χ0n) is 5.09. The van der Waals surface area contributed by atoms with Crippen molar-refractivity contribution >= 4 is 17.6 Å². The van der Waals surface area contributed by atoms with E-state index in [0.717, 1.165) is 0 Å². The molecule has 0 saturated heterocycles. The summed E-state index contributed by atoms with van der Waals surface area (Å²) in [5, 5.41) is 10.0. The first-order chi connectivity index (χ1) is 4.20. The van der Waals surface area contributed by atoms with Gasteiger partial charge in [-0.3, -0.25) is 4.79 Å². The summed E-state index contributed by atoms with van der Waals surface area (Å²) >= 11 is 5.23. The van der Waals surface area contributed by atoms with Gasteiger partial charge in [0.05, 0.1) is 5.88 Å². The van der Waals surface area contributed by atoms with E-state index in [2.05, 4.69) is 4.74 Å². The first kappa shape index (κ1) is 8.72. The Morgan fingerprint density at radius 1 is 1.78 bits per heavy atom. The maximum Gasteiger partial charge on any atom is 0.303 e. The number of halogens is 1. The highest BCUT2D eigenvalue weighted by molar-refractivity contribution is 6.18. The number of esters is 1. The average Bonchev–Trinajstić information content (AvgIpc) is 1.82. The van der Waals surface area contributed by atoms with Crippen molar-refractivity contribution in [1.82, 2.24) is 0 Å². The fourth-order valence-corrected chi connectivity index (χ4v) is 0.497. The third-order valence-electron chi connectivity index (χ3n) is 0.691. The number of hydrogen-bond donors (Lipinski definition) is 0. The van der Waals surface area contributed by atoms with Gasteiger partial charge in [-0.1, -0.05) is 0 Å². The molecule has 1 radical (unpaired) electrons. The van der Waals surface area contributed by atoms with Gasteiger partial charge in [-0.15, -0.1) is 11.6 Å². The van der Waals surface area contributed by atoms with Crippen LogP contribution in [0.3, 0.4) is 0 Å². The predicted octanol–water partition coefficient (Wildman–Crippen LogP) is 0.587. The first-order valence-corrected chi connectivity index (χ1v) is 3.05. The van der Waals surface area contributed by atoms with Gasteiger partial charge in [0.15, 0.2) is 0 Å². The van der Waals surface area contributed by atoms with Gasteiger partial charge in [0, 0.05) is 6.92 Å². The van der Waals surface area contributed by atoms with E-state index in [-0.39, 0.29) is 5.88 Å². The molecular weight excluding hydrogens is 144 g/mol. The van der Waals surface area contributed by atoms with Crippen molar-refractivity contribution in [2.45, 2.75) is 13.0 Å². The lowest BCUT2D eigenvalue weighted by Crippen LogP contribution is -2.21. The van der Waals surface area contributed by atoms with Gasteiger partial charge in [0.1, 0.15) is 12.7 Å². The number of carbonyl (C=O) groups excluding carboxylic acids is 1. The predicted molar refractivity (Wildman–Crippen MR) is 31.8 cm³/mol. The number of alkyl halides is 1. The highest BCUT2D eigenvalue weighted by Gasteiger charge is 2.08. The zero-order chi connectivity index (χ0) is 7.28. The molecule has 53 valence electrons. The molecule has 4 heteroatoms. The van der Waals surface area contributed by atoms with E-state index in [1.54, 1.807) is 0 Å². The Hall–Kier alpha value is -0.280. The normalized spacial score (nSPS) is 12.8. The van der Waals surface area contributed by atoms with Crippen molar-refractivity contribution < 1.29 is 14.6 Å². The molecule has 1 atom stereocenters. The third-order valence-corrected chi connectivity index (χ3v) is 1.03. The SMILES string of the molecule is CC(=O)OC(C[O])CCl. The van der Waals surface area contributed by atoms with Gasteiger partial charge >= 0.3 is 5.97 Å². The van der Waals surface area contributed by atoms with Crippen molar-refractivity contribution in [3.05, 3.63) is 0 Å². The van der Waals surface area contributed by atoms with Crippen LogP contribution in [-0.4, -0.2) is 24.6 Å². The number of hydrogen-bond acceptors (Lipinski definition) is 2. The Morgan fingerprint density at radius 3 is 2.44 bits per heavy atom. The summed E-state index contributed by atoms with van der Waals surface area (Å²) in [5.74, 6) is -0.389. The van der Waals surface area contributed by atoms with Crippen molar-refractivity contribution in [3.8, 4) is 0 Å². The Morgan fingerprint density at radius 2 is 2.33 bits per heavy atom. The van der Waals surface area contributed by atoms with Crippen LogP contribution >= 0.6 is 11.6 Å².